The molecule has 0 spiro atoms. The van der Waals surface area contributed by atoms with Crippen LogP contribution in [0.1, 0.15) is 34.6 Å². The van der Waals surface area contributed by atoms with Crippen molar-refractivity contribution in [2.75, 3.05) is 24.5 Å². The zero-order valence-electron chi connectivity index (χ0n) is 12.8. The highest BCUT2D eigenvalue weighted by molar-refractivity contribution is 5.47. The molecule has 1 aromatic carbocycles. The molecule has 0 heterocycles. The Morgan fingerprint density at radius 1 is 1.21 bits per heavy atom. The topological polar surface area (TPSA) is 15.3 Å². The van der Waals surface area contributed by atoms with Gasteiger partial charge in [0.25, 0.3) is 0 Å². The maximum absolute atomic E-state index is 13.9. The van der Waals surface area contributed by atoms with Crippen LogP contribution in [0.25, 0.3) is 0 Å². The predicted molar refractivity (Wildman–Crippen MR) is 81.2 cm³/mol. The van der Waals surface area contributed by atoms with Crippen molar-refractivity contribution in [3.63, 3.8) is 0 Å². The molecule has 2 nitrogen and oxygen atoms in total. The molecule has 0 aromatic heterocycles. The molecule has 0 fully saturated rings. The Bertz CT molecular complexity index is 385. The molecule has 0 bridgehead atoms. The maximum Gasteiger partial charge on any atom is 0.146 e. The zero-order chi connectivity index (χ0) is 14.5. The lowest BCUT2D eigenvalue weighted by Crippen LogP contribution is -2.48. The number of rotatable bonds is 6. The summed E-state index contributed by atoms with van der Waals surface area (Å²) in [6.07, 6.45) is 0. The molecule has 0 aliphatic carbocycles. The van der Waals surface area contributed by atoms with Gasteiger partial charge in [-0.15, -0.1) is 0 Å². The number of nitrogens with one attached hydrogen (secondary N) is 1. The van der Waals surface area contributed by atoms with Gasteiger partial charge in [-0.3, -0.25) is 0 Å². The fourth-order valence-corrected chi connectivity index (χ4v) is 2.22. The van der Waals surface area contributed by atoms with E-state index in [1.54, 1.807) is 6.07 Å². The number of halogens is 1. The van der Waals surface area contributed by atoms with Crippen molar-refractivity contribution in [2.24, 2.45) is 5.41 Å². The molecule has 1 atom stereocenters. The van der Waals surface area contributed by atoms with Crippen LogP contribution >= 0.6 is 0 Å². The minimum atomic E-state index is -0.145. The van der Waals surface area contributed by atoms with Gasteiger partial charge in [0.1, 0.15) is 5.82 Å². The van der Waals surface area contributed by atoms with Gasteiger partial charge in [-0.2, -0.15) is 0 Å². The average molecular weight is 266 g/mol. The number of para-hydroxylation sites is 1. The van der Waals surface area contributed by atoms with E-state index in [0.717, 1.165) is 19.6 Å². The highest BCUT2D eigenvalue weighted by atomic mass is 19.1. The van der Waals surface area contributed by atoms with Gasteiger partial charge >= 0.3 is 0 Å². The predicted octanol–water partition coefficient (Wildman–Crippen LogP) is 3.68. The van der Waals surface area contributed by atoms with Gasteiger partial charge in [-0.1, -0.05) is 39.8 Å². The molecule has 19 heavy (non-hydrogen) atoms. The Balaban J connectivity index is 2.89. The quantitative estimate of drug-likeness (QED) is 0.845. The second-order valence-electron chi connectivity index (χ2n) is 5.97. The SMILES string of the molecule is CCNC(CN(CC)c1ccccc1F)C(C)(C)C. The molecule has 1 N–H and O–H groups in total. The lowest BCUT2D eigenvalue weighted by Gasteiger charge is -2.36. The standard InChI is InChI=1S/C16H27FN2/c1-6-18-15(16(3,4)5)12-19(7-2)14-11-9-8-10-13(14)17/h8-11,15,18H,6-7,12H2,1-5H3. The third-order valence-corrected chi connectivity index (χ3v) is 3.47. The normalized spacial score (nSPS) is 13.4. The average Bonchev–Trinajstić information content (AvgIpc) is 2.34. The minimum Gasteiger partial charge on any atom is -0.368 e. The van der Waals surface area contributed by atoms with Gasteiger partial charge in [0, 0.05) is 19.1 Å². The fraction of sp³-hybridized carbons (Fsp3) is 0.625. The lowest BCUT2D eigenvalue weighted by molar-refractivity contribution is 0.273. The summed E-state index contributed by atoms with van der Waals surface area (Å²) in [4.78, 5) is 2.11. The Morgan fingerprint density at radius 3 is 2.32 bits per heavy atom. The van der Waals surface area contributed by atoms with E-state index in [1.807, 2.05) is 12.1 Å². The monoisotopic (exact) mass is 266 g/mol. The highest BCUT2D eigenvalue weighted by Crippen LogP contribution is 2.24. The van der Waals surface area contributed by atoms with Crippen molar-refractivity contribution in [3.05, 3.63) is 30.1 Å². The molecular weight excluding hydrogens is 239 g/mol. The van der Waals surface area contributed by atoms with Crippen molar-refractivity contribution in [3.8, 4) is 0 Å². The summed E-state index contributed by atoms with van der Waals surface area (Å²) in [6, 6.07) is 7.33. The largest absolute Gasteiger partial charge is 0.368 e. The first-order valence-electron chi connectivity index (χ1n) is 7.13. The number of benzene rings is 1. The van der Waals surface area contributed by atoms with E-state index in [2.05, 4.69) is 44.8 Å². The van der Waals surface area contributed by atoms with Crippen molar-refractivity contribution in [1.82, 2.24) is 5.32 Å². The van der Waals surface area contributed by atoms with Gasteiger partial charge in [-0.05, 0) is 31.0 Å². The first-order valence-corrected chi connectivity index (χ1v) is 7.13. The number of nitrogens with zero attached hydrogens (tertiary/aromatic N) is 1. The van der Waals surface area contributed by atoms with Crippen LogP contribution in [0.2, 0.25) is 0 Å². The lowest BCUT2D eigenvalue weighted by atomic mass is 9.86. The molecular formula is C16H27FN2. The first kappa shape index (κ1) is 16.0. The number of likely N-dealkylation sites (N-methyl/N-ethyl adjacent to an activating group) is 2. The van der Waals surface area contributed by atoms with Crippen molar-refractivity contribution >= 4 is 5.69 Å². The van der Waals surface area contributed by atoms with E-state index in [9.17, 15) is 4.39 Å². The molecule has 0 aliphatic rings. The second kappa shape index (κ2) is 6.90. The molecule has 108 valence electrons. The van der Waals surface area contributed by atoms with Gasteiger partial charge in [0.2, 0.25) is 0 Å². The van der Waals surface area contributed by atoms with Crippen LogP contribution in [0.5, 0.6) is 0 Å². The Hall–Kier alpha value is -1.09. The summed E-state index contributed by atoms with van der Waals surface area (Å²) < 4.78 is 13.9. The summed E-state index contributed by atoms with van der Waals surface area (Å²) in [5.41, 5.74) is 0.839. The Kier molecular flexibility index (Phi) is 5.80. The van der Waals surface area contributed by atoms with Crippen LogP contribution in [0.15, 0.2) is 24.3 Å². The van der Waals surface area contributed by atoms with Crippen LogP contribution < -0.4 is 10.2 Å². The van der Waals surface area contributed by atoms with E-state index in [0.29, 0.717) is 11.7 Å². The van der Waals surface area contributed by atoms with Crippen molar-refractivity contribution in [1.29, 1.82) is 0 Å². The van der Waals surface area contributed by atoms with E-state index in [4.69, 9.17) is 0 Å². The summed E-state index contributed by atoms with van der Waals surface area (Å²) in [5, 5.41) is 3.51. The molecule has 0 saturated heterocycles. The maximum atomic E-state index is 13.9. The molecule has 1 aromatic rings. The number of hydrogen-bond donors (Lipinski definition) is 1. The molecule has 0 amide bonds. The molecule has 0 radical (unpaired) electrons. The molecule has 1 rings (SSSR count). The van der Waals surface area contributed by atoms with Crippen LogP contribution in [0, 0.1) is 11.2 Å². The van der Waals surface area contributed by atoms with E-state index < -0.39 is 0 Å². The second-order valence-corrected chi connectivity index (χ2v) is 5.97. The minimum absolute atomic E-state index is 0.145. The highest BCUT2D eigenvalue weighted by Gasteiger charge is 2.26. The summed E-state index contributed by atoms with van der Waals surface area (Å²) in [5.74, 6) is -0.145. The van der Waals surface area contributed by atoms with Gasteiger partial charge in [-0.25, -0.2) is 4.39 Å². The first-order chi connectivity index (χ1) is 8.90. The number of anilines is 1. The smallest absolute Gasteiger partial charge is 0.146 e. The van der Waals surface area contributed by atoms with Gasteiger partial charge in [0.15, 0.2) is 0 Å². The number of hydrogen-bond acceptors (Lipinski definition) is 2. The summed E-state index contributed by atoms with van der Waals surface area (Å²) >= 11 is 0. The van der Waals surface area contributed by atoms with Crippen LogP contribution in [0.4, 0.5) is 10.1 Å². The van der Waals surface area contributed by atoms with Gasteiger partial charge < -0.3 is 10.2 Å². The Morgan fingerprint density at radius 2 is 1.84 bits per heavy atom. The fourth-order valence-electron chi connectivity index (χ4n) is 2.22. The van der Waals surface area contributed by atoms with E-state index >= 15 is 0 Å². The molecule has 3 heteroatoms. The van der Waals surface area contributed by atoms with Crippen molar-refractivity contribution < 1.29 is 4.39 Å². The summed E-state index contributed by atoms with van der Waals surface area (Å²) in [7, 11) is 0. The Labute approximate surface area is 117 Å². The molecule has 0 aliphatic heterocycles. The molecule has 1 unspecified atom stereocenters. The van der Waals surface area contributed by atoms with E-state index in [-0.39, 0.29) is 11.2 Å². The molecule has 0 saturated carbocycles. The zero-order valence-corrected chi connectivity index (χ0v) is 12.8. The van der Waals surface area contributed by atoms with Crippen LogP contribution in [0.3, 0.4) is 0 Å². The summed E-state index contributed by atoms with van der Waals surface area (Å²) in [6.45, 7) is 13.4. The third-order valence-electron chi connectivity index (χ3n) is 3.47. The van der Waals surface area contributed by atoms with Crippen molar-refractivity contribution in [2.45, 2.75) is 40.7 Å². The third kappa shape index (κ3) is 4.50. The van der Waals surface area contributed by atoms with Gasteiger partial charge in [0.05, 0.1) is 5.69 Å². The van der Waals surface area contributed by atoms with Crippen LogP contribution in [-0.4, -0.2) is 25.7 Å². The van der Waals surface area contributed by atoms with Crippen LogP contribution in [-0.2, 0) is 0 Å². The van der Waals surface area contributed by atoms with E-state index in [1.165, 1.54) is 6.07 Å².